The topological polar surface area (TPSA) is 75.4 Å². The van der Waals surface area contributed by atoms with Crippen LogP contribution >= 0.6 is 12.2 Å². The number of hydrogen-bond acceptors (Lipinski definition) is 3. The molecule has 7 heteroatoms. The van der Waals surface area contributed by atoms with Gasteiger partial charge in [-0.25, -0.2) is 0 Å². The third-order valence-corrected chi connectivity index (χ3v) is 4.52. The van der Waals surface area contributed by atoms with Gasteiger partial charge in [-0.15, -0.1) is 0 Å². The first-order valence-corrected chi connectivity index (χ1v) is 6.61. The van der Waals surface area contributed by atoms with Gasteiger partial charge >= 0.3 is 0 Å². The van der Waals surface area contributed by atoms with Gasteiger partial charge in [0.1, 0.15) is 0 Å². The van der Waals surface area contributed by atoms with Crippen molar-refractivity contribution in [3.8, 4) is 0 Å². The van der Waals surface area contributed by atoms with E-state index in [-0.39, 0.29) is 4.99 Å². The standard InChI is InChI=1S/C8H19N3O2S2/c1-5-11(6-2)15(12,13)10-8(3,4)7(9)14/h10H,5-6H2,1-4H3,(H2,9,14). The summed E-state index contributed by atoms with van der Waals surface area (Å²) in [6, 6.07) is 0. The number of rotatable bonds is 6. The van der Waals surface area contributed by atoms with Gasteiger partial charge in [0.25, 0.3) is 10.2 Å². The third kappa shape index (κ3) is 4.02. The molecule has 0 aliphatic carbocycles. The molecule has 0 saturated carbocycles. The minimum atomic E-state index is -3.51. The molecule has 0 saturated heterocycles. The Morgan fingerprint density at radius 2 is 1.80 bits per heavy atom. The van der Waals surface area contributed by atoms with Gasteiger partial charge in [0.15, 0.2) is 0 Å². The third-order valence-electron chi connectivity index (χ3n) is 2.05. The van der Waals surface area contributed by atoms with Crippen LogP contribution in [0.5, 0.6) is 0 Å². The summed E-state index contributed by atoms with van der Waals surface area (Å²) in [7, 11) is -3.51. The quantitative estimate of drug-likeness (QED) is 0.664. The lowest BCUT2D eigenvalue weighted by molar-refractivity contribution is 0.422. The maximum absolute atomic E-state index is 11.8. The fraction of sp³-hybridized carbons (Fsp3) is 0.875. The van der Waals surface area contributed by atoms with E-state index in [1.165, 1.54) is 4.31 Å². The molecule has 0 amide bonds. The Hall–Kier alpha value is -0.240. The summed E-state index contributed by atoms with van der Waals surface area (Å²) in [6.45, 7) is 7.65. The lowest BCUT2D eigenvalue weighted by atomic mass is 10.1. The first-order chi connectivity index (χ1) is 6.67. The number of nitrogens with one attached hydrogen (secondary N) is 1. The lowest BCUT2D eigenvalue weighted by Gasteiger charge is -2.28. The van der Waals surface area contributed by atoms with Crippen LogP contribution in [0.1, 0.15) is 27.7 Å². The summed E-state index contributed by atoms with van der Waals surface area (Å²) in [6.07, 6.45) is 0. The smallest absolute Gasteiger partial charge is 0.280 e. The molecule has 0 spiro atoms. The van der Waals surface area contributed by atoms with Crippen LogP contribution in [0.2, 0.25) is 0 Å². The number of nitrogens with zero attached hydrogens (tertiary/aromatic N) is 1. The van der Waals surface area contributed by atoms with Crippen LogP contribution in [-0.2, 0) is 10.2 Å². The highest BCUT2D eigenvalue weighted by atomic mass is 32.2. The highest BCUT2D eigenvalue weighted by Gasteiger charge is 2.30. The summed E-state index contributed by atoms with van der Waals surface area (Å²) in [5, 5.41) is 0. The summed E-state index contributed by atoms with van der Waals surface area (Å²) in [4.78, 5) is 0.123. The van der Waals surface area contributed by atoms with Crippen LogP contribution < -0.4 is 10.5 Å². The molecule has 0 heterocycles. The predicted molar refractivity (Wildman–Crippen MR) is 65.8 cm³/mol. The molecule has 0 bridgehead atoms. The van der Waals surface area contributed by atoms with Gasteiger partial charge in [-0.1, -0.05) is 26.1 Å². The fourth-order valence-electron chi connectivity index (χ4n) is 1.00. The van der Waals surface area contributed by atoms with Crippen LogP contribution in [0.15, 0.2) is 0 Å². The number of thiocarbonyl (C=S) groups is 1. The Bertz CT molecular complexity index is 321. The van der Waals surface area contributed by atoms with Gasteiger partial charge in [0.05, 0.1) is 10.5 Å². The van der Waals surface area contributed by atoms with E-state index in [0.29, 0.717) is 13.1 Å². The van der Waals surface area contributed by atoms with Crippen molar-refractivity contribution in [2.45, 2.75) is 33.2 Å². The van der Waals surface area contributed by atoms with Crippen LogP contribution in [0.25, 0.3) is 0 Å². The summed E-state index contributed by atoms with van der Waals surface area (Å²) in [5.74, 6) is 0. The molecule has 0 fully saturated rings. The normalized spacial score (nSPS) is 13.1. The van der Waals surface area contributed by atoms with Gasteiger partial charge in [-0.05, 0) is 13.8 Å². The van der Waals surface area contributed by atoms with Crippen LogP contribution in [0.4, 0.5) is 0 Å². The van der Waals surface area contributed by atoms with Crippen LogP contribution in [-0.4, -0.2) is 36.3 Å². The van der Waals surface area contributed by atoms with Crippen molar-refractivity contribution in [2.24, 2.45) is 5.73 Å². The van der Waals surface area contributed by atoms with Crippen molar-refractivity contribution >= 4 is 27.4 Å². The molecule has 0 aromatic heterocycles. The highest BCUT2D eigenvalue weighted by molar-refractivity contribution is 7.87. The zero-order valence-corrected chi connectivity index (χ0v) is 11.2. The van der Waals surface area contributed by atoms with E-state index in [2.05, 4.69) is 4.72 Å². The van der Waals surface area contributed by atoms with Crippen molar-refractivity contribution in [1.29, 1.82) is 0 Å². The molecule has 0 atom stereocenters. The minimum absolute atomic E-state index is 0.123. The van der Waals surface area contributed by atoms with Gasteiger partial charge in [-0.2, -0.15) is 17.4 Å². The Kier molecular flexibility index (Phi) is 5.12. The van der Waals surface area contributed by atoms with E-state index in [9.17, 15) is 8.42 Å². The largest absolute Gasteiger partial charge is 0.392 e. The second-order valence-corrected chi connectivity index (χ2v) is 5.79. The monoisotopic (exact) mass is 253 g/mol. The van der Waals surface area contributed by atoms with Gasteiger partial charge < -0.3 is 5.73 Å². The summed E-state index contributed by atoms with van der Waals surface area (Å²) in [5.41, 5.74) is 4.54. The van der Waals surface area contributed by atoms with Crippen molar-refractivity contribution < 1.29 is 8.42 Å². The zero-order valence-electron chi connectivity index (χ0n) is 9.57. The first-order valence-electron chi connectivity index (χ1n) is 4.76. The van der Waals surface area contributed by atoms with Crippen molar-refractivity contribution in [1.82, 2.24) is 9.03 Å². The molecule has 0 aliphatic rings. The Labute approximate surface area is 97.2 Å². The molecular weight excluding hydrogens is 234 g/mol. The fourth-order valence-corrected chi connectivity index (χ4v) is 2.68. The first kappa shape index (κ1) is 14.8. The van der Waals surface area contributed by atoms with Crippen LogP contribution in [0, 0.1) is 0 Å². The highest BCUT2D eigenvalue weighted by Crippen LogP contribution is 2.07. The molecular formula is C8H19N3O2S2. The molecule has 0 aromatic carbocycles. The Morgan fingerprint density at radius 3 is 2.07 bits per heavy atom. The van der Waals surface area contributed by atoms with E-state index < -0.39 is 15.7 Å². The van der Waals surface area contributed by atoms with E-state index >= 15 is 0 Å². The molecule has 0 aliphatic heterocycles. The van der Waals surface area contributed by atoms with Gasteiger partial charge in [-0.3, -0.25) is 0 Å². The summed E-state index contributed by atoms with van der Waals surface area (Å²) >= 11 is 4.79. The van der Waals surface area contributed by atoms with Gasteiger partial charge in [0, 0.05) is 13.1 Å². The molecule has 3 N–H and O–H groups in total. The molecule has 90 valence electrons. The SMILES string of the molecule is CCN(CC)S(=O)(=O)NC(C)(C)C(N)=S. The van der Waals surface area contributed by atoms with E-state index in [0.717, 1.165) is 0 Å². The zero-order chi connectivity index (χ0) is 12.3. The second kappa shape index (κ2) is 5.20. The molecule has 0 radical (unpaired) electrons. The van der Waals surface area contributed by atoms with E-state index in [1.54, 1.807) is 27.7 Å². The van der Waals surface area contributed by atoms with Crippen LogP contribution in [0.3, 0.4) is 0 Å². The predicted octanol–water partition coefficient (Wildman–Crippen LogP) is 0.227. The average Bonchev–Trinajstić information content (AvgIpc) is 2.03. The minimum Gasteiger partial charge on any atom is -0.392 e. The molecule has 0 unspecified atom stereocenters. The average molecular weight is 253 g/mol. The van der Waals surface area contributed by atoms with E-state index in [1.807, 2.05) is 0 Å². The maximum Gasteiger partial charge on any atom is 0.280 e. The Balaban J connectivity index is 4.86. The Morgan fingerprint density at radius 1 is 1.40 bits per heavy atom. The molecule has 0 aromatic rings. The maximum atomic E-state index is 11.8. The lowest BCUT2D eigenvalue weighted by Crippen LogP contribution is -2.56. The second-order valence-electron chi connectivity index (χ2n) is 3.68. The van der Waals surface area contributed by atoms with Crippen molar-refractivity contribution in [3.63, 3.8) is 0 Å². The van der Waals surface area contributed by atoms with Crippen molar-refractivity contribution in [3.05, 3.63) is 0 Å². The molecule has 15 heavy (non-hydrogen) atoms. The summed E-state index contributed by atoms with van der Waals surface area (Å²) < 4.78 is 27.4. The number of nitrogens with two attached hydrogens (primary N) is 1. The van der Waals surface area contributed by atoms with E-state index in [4.69, 9.17) is 18.0 Å². The van der Waals surface area contributed by atoms with Crippen molar-refractivity contribution in [2.75, 3.05) is 13.1 Å². The van der Waals surface area contributed by atoms with Gasteiger partial charge in [0.2, 0.25) is 0 Å². The molecule has 0 rings (SSSR count). The number of hydrogen-bond donors (Lipinski definition) is 2. The molecule has 5 nitrogen and oxygen atoms in total.